The van der Waals surface area contributed by atoms with Crippen molar-refractivity contribution in [2.45, 2.75) is 173 Å². The lowest BCUT2D eigenvalue weighted by atomic mass is 10.0. The highest BCUT2D eigenvalue weighted by Gasteiger charge is 2.49. The normalized spacial score (nSPS) is 16.7. The van der Waals surface area contributed by atoms with Crippen molar-refractivity contribution in [3.8, 4) is 0 Å². The van der Waals surface area contributed by atoms with Crippen LogP contribution in [0.25, 0.3) is 10.9 Å². The van der Waals surface area contributed by atoms with Crippen molar-refractivity contribution in [3.63, 3.8) is 0 Å². The Morgan fingerprint density at radius 2 is 1.45 bits per heavy atom. The molecule has 1 aromatic carbocycles. The zero-order valence-electron chi connectivity index (χ0n) is 44.3. The molecule has 3 amide bonds. The first kappa shape index (κ1) is 57.4. The Kier molecular flexibility index (Phi) is 19.1. The van der Waals surface area contributed by atoms with E-state index in [4.69, 9.17) is 23.1 Å². The molecule has 1 fully saturated rings. The molecular formula is C49H82N6O10Si4. The summed E-state index contributed by atoms with van der Waals surface area (Å²) in [5.74, 6) is -2.31. The largest absolute Gasteiger partial charge is 0.464 e. The number of rotatable bonds is 21. The number of hydrogen-bond donors (Lipinski definition) is 3. The third kappa shape index (κ3) is 16.4. The number of H-pyrrole nitrogens is 1. The van der Waals surface area contributed by atoms with E-state index in [1.807, 2.05) is 30.5 Å². The van der Waals surface area contributed by atoms with Gasteiger partial charge in [-0.25, -0.2) is 24.8 Å². The first-order valence-corrected chi connectivity index (χ1v) is 37.4. The van der Waals surface area contributed by atoms with Crippen LogP contribution < -0.4 is 16.4 Å². The number of nitrogens with zero attached hydrogens (tertiary/aromatic N) is 3. The minimum atomic E-state index is -2.33. The average Bonchev–Trinajstić information content (AvgIpc) is 3.80. The van der Waals surface area contributed by atoms with Crippen molar-refractivity contribution < 1.29 is 42.2 Å². The fraction of sp³-hybridized carbons (Fsp3) is 0.633. The number of amides is 3. The van der Waals surface area contributed by atoms with Gasteiger partial charge in [-0.15, -0.1) is 0 Å². The third-order valence-electron chi connectivity index (χ3n) is 13.5. The van der Waals surface area contributed by atoms with Gasteiger partial charge in [0.25, 0.3) is 0 Å². The molecule has 0 radical (unpaired) electrons. The zero-order chi connectivity index (χ0) is 51.9. The van der Waals surface area contributed by atoms with Gasteiger partial charge in [-0.3, -0.25) is 14.2 Å². The van der Waals surface area contributed by atoms with E-state index >= 15 is 0 Å². The average molecular weight is 1030 g/mol. The molecule has 1 aliphatic heterocycles. The lowest BCUT2D eigenvalue weighted by Gasteiger charge is -2.45. The van der Waals surface area contributed by atoms with Crippen molar-refractivity contribution in [2.24, 2.45) is 5.92 Å². The molecule has 1 aliphatic rings. The van der Waals surface area contributed by atoms with Crippen LogP contribution in [0.3, 0.4) is 0 Å². The summed E-state index contributed by atoms with van der Waals surface area (Å²) in [6.07, 6.45) is 0.645. The number of para-hydroxylation sites is 1. The van der Waals surface area contributed by atoms with Gasteiger partial charge in [0.05, 0.1) is 25.7 Å². The van der Waals surface area contributed by atoms with Crippen molar-refractivity contribution in [2.75, 3.05) is 25.1 Å². The molecule has 69 heavy (non-hydrogen) atoms. The fourth-order valence-corrected chi connectivity index (χ4v) is 10.7. The molecule has 1 unspecified atom stereocenters. The topological polar surface area (TPSA) is 192 Å². The van der Waals surface area contributed by atoms with Crippen molar-refractivity contribution in [1.82, 2.24) is 25.0 Å². The number of ether oxygens (including phenoxy) is 3. The number of hydrogen-bond acceptors (Lipinski definition) is 11. The highest BCUT2D eigenvalue weighted by Crippen LogP contribution is 2.45. The highest BCUT2D eigenvalue weighted by molar-refractivity contribution is 6.76. The summed E-state index contributed by atoms with van der Waals surface area (Å²) in [6.45, 7) is 39.5. The number of nitrogens with one attached hydrogen (secondary N) is 3. The molecule has 3 heterocycles. The maximum atomic E-state index is 14.2. The molecule has 16 nitrogen and oxygen atoms in total. The van der Waals surface area contributed by atoms with Gasteiger partial charge >= 0.3 is 17.8 Å². The van der Waals surface area contributed by atoms with E-state index in [0.29, 0.717) is 24.1 Å². The molecule has 20 heteroatoms. The number of aromatic amines is 1. The van der Waals surface area contributed by atoms with Crippen LogP contribution in [0.5, 0.6) is 0 Å². The number of carbonyl (C=O) groups is 4. The predicted molar refractivity (Wildman–Crippen MR) is 283 cm³/mol. The van der Waals surface area contributed by atoms with E-state index < -0.39 is 80.9 Å². The number of hydrazine groups is 1. The Labute approximate surface area is 414 Å². The van der Waals surface area contributed by atoms with Gasteiger partial charge < -0.3 is 33.4 Å². The van der Waals surface area contributed by atoms with E-state index in [2.05, 4.69) is 134 Å². The maximum absolute atomic E-state index is 14.2. The van der Waals surface area contributed by atoms with Crippen LogP contribution in [0.2, 0.25) is 87.6 Å². The van der Waals surface area contributed by atoms with Crippen LogP contribution in [0.15, 0.2) is 59.7 Å². The molecular weight excluding hydrogens is 945 g/mol. The minimum Gasteiger partial charge on any atom is -0.464 e. The Morgan fingerprint density at radius 3 is 2.01 bits per heavy atom. The predicted octanol–water partition coefficient (Wildman–Crippen LogP) is 10.2. The Balaban J connectivity index is 1.55. The van der Waals surface area contributed by atoms with Gasteiger partial charge in [0.1, 0.15) is 12.1 Å². The van der Waals surface area contributed by atoms with Gasteiger partial charge in [-0.05, 0) is 84.5 Å². The van der Waals surface area contributed by atoms with E-state index in [0.717, 1.165) is 21.5 Å². The zero-order valence-corrected chi connectivity index (χ0v) is 48.3. The van der Waals surface area contributed by atoms with Gasteiger partial charge in [0.2, 0.25) is 11.8 Å². The molecule has 0 spiro atoms. The molecule has 0 saturated carbocycles. The summed E-state index contributed by atoms with van der Waals surface area (Å²) >= 11 is 0. The molecule has 1 saturated heterocycles. The molecule has 3 atom stereocenters. The van der Waals surface area contributed by atoms with Crippen LogP contribution in [0.4, 0.5) is 10.6 Å². The van der Waals surface area contributed by atoms with Crippen LogP contribution in [-0.2, 0) is 43.9 Å². The second-order valence-corrected chi connectivity index (χ2v) is 44.5. The molecule has 3 N–H and O–H groups in total. The lowest BCUT2D eigenvalue weighted by molar-refractivity contribution is -0.157. The molecule has 3 aromatic rings. The minimum absolute atomic E-state index is 0.0215. The summed E-state index contributed by atoms with van der Waals surface area (Å²) in [5.41, 5.74) is 4.28. The third-order valence-corrected chi connectivity index (χ3v) is 25.8. The fourth-order valence-electron chi connectivity index (χ4n) is 6.86. The molecule has 384 valence electrons. The van der Waals surface area contributed by atoms with Crippen LogP contribution >= 0.6 is 0 Å². The number of aromatic nitrogens is 3. The SMILES string of the molecule is C=C1C(n2ccc(NC(=O)CC[C@@H](C(=O)OCC[Si](C)(C)C)N(NC(=O)OCC[Si](C)(C)C)C(=O)CCc3c[nH]c4ccccc34)nc2=O)OC[C@H]1C(O[Si](C)(C)C(C)(C)C)O[Si](C)(C)C(C)(C)C. The van der Waals surface area contributed by atoms with Gasteiger partial charge in [-0.1, -0.05) is 106 Å². The van der Waals surface area contributed by atoms with E-state index in [1.165, 1.54) is 16.8 Å². The molecule has 0 aliphatic carbocycles. The lowest BCUT2D eigenvalue weighted by Crippen LogP contribution is -2.55. The Hall–Kier alpha value is -4.19. The number of aryl methyl sites for hydroxylation is 1. The van der Waals surface area contributed by atoms with Crippen molar-refractivity contribution in [3.05, 3.63) is 70.9 Å². The smallest absolute Gasteiger partial charge is 0.426 e. The van der Waals surface area contributed by atoms with Crippen LogP contribution in [0, 0.1) is 5.92 Å². The van der Waals surface area contributed by atoms with E-state index in [9.17, 15) is 24.0 Å². The summed E-state index contributed by atoms with van der Waals surface area (Å²) in [4.78, 5) is 76.2. The van der Waals surface area contributed by atoms with Gasteiger partial charge in [0.15, 0.2) is 28.9 Å². The van der Waals surface area contributed by atoms with Crippen molar-refractivity contribution in [1.29, 1.82) is 0 Å². The van der Waals surface area contributed by atoms with E-state index in [-0.39, 0.29) is 60.9 Å². The summed E-state index contributed by atoms with van der Waals surface area (Å²) in [5, 5.41) is 4.40. The number of anilines is 1. The number of benzene rings is 1. The number of esters is 1. The quantitative estimate of drug-likeness (QED) is 0.0302. The molecule has 4 rings (SSSR count). The molecule has 2 aromatic heterocycles. The molecule has 0 bridgehead atoms. The summed E-state index contributed by atoms with van der Waals surface area (Å²) < 4.78 is 32.7. The standard InChI is InChI=1S/C49H82N6O10Si4/c1-34-37(45(64-68(14,15)48(2,3)4)65-69(16,17)49(5,6)7)33-63-43(34)54-27-26-40(52-46(54)59)51-41(56)24-23-39(44(58)61-28-30-66(8,9)10)55(53-47(60)62-29-31-67(11,12)13)42(57)25-22-35-32-50-38-21-19-18-20-36(35)38/h18-21,26-27,32,37,39,43,45,50H,1,22-25,28-31,33H2,2-17H3,(H,53,60)(H,51,52,56,59)/t37-,39+,43?/m1/s1. The number of fused-ring (bicyclic) bond motifs is 1. The van der Waals surface area contributed by atoms with Crippen molar-refractivity contribution >= 4 is 73.4 Å². The van der Waals surface area contributed by atoms with E-state index in [1.54, 1.807) is 0 Å². The maximum Gasteiger partial charge on any atom is 0.426 e. The second-order valence-electron chi connectivity index (χ2n) is 23.8. The van der Waals surface area contributed by atoms with Gasteiger partial charge in [-0.2, -0.15) is 4.98 Å². The number of carbonyl (C=O) groups excluding carboxylic acids is 4. The van der Waals surface area contributed by atoms with Crippen LogP contribution in [-0.4, -0.2) is 108 Å². The monoisotopic (exact) mass is 1030 g/mol. The Bertz CT molecular complexity index is 2310. The van der Waals surface area contributed by atoms with Crippen LogP contribution in [0.1, 0.15) is 72.6 Å². The van der Waals surface area contributed by atoms with Gasteiger partial charge in [0, 0.05) is 52.3 Å². The Morgan fingerprint density at radius 1 is 0.870 bits per heavy atom. The highest BCUT2D eigenvalue weighted by atomic mass is 28.4. The first-order valence-electron chi connectivity index (χ1n) is 24.2. The summed E-state index contributed by atoms with van der Waals surface area (Å²) in [6, 6.07) is 9.17. The first-order chi connectivity index (χ1) is 31.7. The second kappa shape index (κ2) is 22.9. The summed E-state index contributed by atoms with van der Waals surface area (Å²) in [7, 11) is -7.88.